The second-order valence-electron chi connectivity index (χ2n) is 6.65. The summed E-state index contributed by atoms with van der Waals surface area (Å²) < 4.78 is 11.1. The molecule has 23 heavy (non-hydrogen) atoms. The lowest BCUT2D eigenvalue weighted by Gasteiger charge is -2.27. The minimum absolute atomic E-state index is 0.0947. The van der Waals surface area contributed by atoms with Crippen LogP contribution in [0, 0.1) is 5.92 Å². The number of aryl methyl sites for hydroxylation is 1. The normalized spacial score (nSPS) is 25.1. The summed E-state index contributed by atoms with van der Waals surface area (Å²) in [5.74, 6) is 2.26. The van der Waals surface area contributed by atoms with Crippen molar-refractivity contribution in [3.63, 3.8) is 0 Å². The van der Waals surface area contributed by atoms with Crippen LogP contribution in [-0.2, 0) is 22.5 Å². The van der Waals surface area contributed by atoms with Crippen LogP contribution in [-0.4, -0.2) is 59.6 Å². The third kappa shape index (κ3) is 4.12. The second kappa shape index (κ2) is 7.45. The lowest BCUT2D eigenvalue weighted by Crippen LogP contribution is -2.41. The Balaban J connectivity index is 1.56. The number of ether oxygens (including phenoxy) is 1. The molecular weight excluding hydrogens is 294 g/mol. The molecule has 2 atom stereocenters. The fourth-order valence-corrected chi connectivity index (χ4v) is 3.55. The number of nitrogens with zero attached hydrogens (tertiary/aromatic N) is 3. The van der Waals surface area contributed by atoms with Gasteiger partial charge in [-0.3, -0.25) is 4.79 Å². The molecule has 0 aromatic carbocycles. The van der Waals surface area contributed by atoms with E-state index in [-0.39, 0.29) is 11.9 Å². The van der Waals surface area contributed by atoms with E-state index in [1.807, 2.05) is 11.8 Å². The first-order chi connectivity index (χ1) is 11.2. The molecule has 0 radical (unpaired) electrons. The molecule has 2 aliphatic heterocycles. The zero-order valence-corrected chi connectivity index (χ0v) is 14.2. The number of hydrogen-bond acceptors (Lipinski definition) is 5. The molecule has 6 nitrogen and oxygen atoms in total. The number of amides is 1. The summed E-state index contributed by atoms with van der Waals surface area (Å²) in [6.07, 6.45) is 4.77. The number of oxazole rings is 1. The summed E-state index contributed by atoms with van der Waals surface area (Å²) in [5, 5.41) is 0. The number of hydrogen-bond donors (Lipinski definition) is 0. The summed E-state index contributed by atoms with van der Waals surface area (Å²) in [6, 6.07) is 0.256. The van der Waals surface area contributed by atoms with Crippen LogP contribution in [0.1, 0.15) is 38.3 Å². The average Bonchev–Trinajstić information content (AvgIpc) is 3.26. The molecule has 2 saturated heterocycles. The van der Waals surface area contributed by atoms with Crippen molar-refractivity contribution in [2.75, 3.05) is 32.8 Å². The van der Waals surface area contributed by atoms with E-state index in [0.29, 0.717) is 18.4 Å². The Kier molecular flexibility index (Phi) is 5.33. The topological polar surface area (TPSA) is 58.8 Å². The zero-order chi connectivity index (χ0) is 16.2. The van der Waals surface area contributed by atoms with Crippen LogP contribution in [0.3, 0.4) is 0 Å². The zero-order valence-electron chi connectivity index (χ0n) is 14.2. The molecule has 0 unspecified atom stereocenters. The van der Waals surface area contributed by atoms with Gasteiger partial charge in [-0.25, -0.2) is 4.98 Å². The Morgan fingerprint density at radius 2 is 2.35 bits per heavy atom. The molecule has 1 aromatic heterocycles. The van der Waals surface area contributed by atoms with Gasteiger partial charge >= 0.3 is 0 Å². The fourth-order valence-electron chi connectivity index (χ4n) is 3.55. The van der Waals surface area contributed by atoms with Gasteiger partial charge in [-0.15, -0.1) is 0 Å². The minimum atomic E-state index is 0.0947. The Labute approximate surface area is 137 Å². The Morgan fingerprint density at radius 3 is 3.00 bits per heavy atom. The molecule has 1 amide bonds. The molecule has 3 rings (SSSR count). The maximum Gasteiger partial charge on any atom is 0.220 e. The number of rotatable bonds is 6. The Morgan fingerprint density at radius 1 is 1.48 bits per heavy atom. The predicted octanol–water partition coefficient (Wildman–Crippen LogP) is 1.70. The van der Waals surface area contributed by atoms with Crippen LogP contribution in [0.5, 0.6) is 0 Å². The highest BCUT2D eigenvalue weighted by Gasteiger charge is 2.31. The lowest BCUT2D eigenvalue weighted by molar-refractivity contribution is -0.132. The van der Waals surface area contributed by atoms with Crippen molar-refractivity contribution in [1.82, 2.24) is 14.8 Å². The summed E-state index contributed by atoms with van der Waals surface area (Å²) >= 11 is 0. The molecule has 0 bridgehead atoms. The lowest BCUT2D eigenvalue weighted by atomic mass is 10.1. The largest absolute Gasteiger partial charge is 0.444 e. The first-order valence-electron chi connectivity index (χ1n) is 8.66. The van der Waals surface area contributed by atoms with Gasteiger partial charge < -0.3 is 19.0 Å². The molecule has 6 heteroatoms. The first-order valence-corrected chi connectivity index (χ1v) is 8.66. The van der Waals surface area contributed by atoms with Crippen molar-refractivity contribution in [2.24, 2.45) is 5.92 Å². The summed E-state index contributed by atoms with van der Waals surface area (Å²) in [6.45, 7) is 9.00. The smallest absolute Gasteiger partial charge is 0.220 e. The van der Waals surface area contributed by atoms with Gasteiger partial charge in [0.25, 0.3) is 0 Å². The van der Waals surface area contributed by atoms with Crippen LogP contribution in [0.15, 0.2) is 10.6 Å². The summed E-state index contributed by atoms with van der Waals surface area (Å²) in [7, 11) is 0. The van der Waals surface area contributed by atoms with Gasteiger partial charge in [-0.2, -0.15) is 0 Å². The van der Waals surface area contributed by atoms with Gasteiger partial charge in [0.2, 0.25) is 11.8 Å². The quantitative estimate of drug-likeness (QED) is 0.798. The van der Waals surface area contributed by atoms with E-state index >= 15 is 0 Å². The molecule has 2 aliphatic rings. The SMILES string of the molecule is CCc1cnc(CN(C(C)=O)[C@H]2CCN(C[C@@H]3CCOC3)C2)o1. The molecule has 0 spiro atoms. The molecule has 1 aromatic rings. The third-order valence-corrected chi connectivity index (χ3v) is 4.89. The van der Waals surface area contributed by atoms with E-state index < -0.39 is 0 Å². The number of aromatic nitrogens is 1. The van der Waals surface area contributed by atoms with Gasteiger partial charge in [0.15, 0.2) is 0 Å². The molecule has 0 aliphatic carbocycles. The Bertz CT molecular complexity index is 525. The number of carbonyl (C=O) groups is 1. The van der Waals surface area contributed by atoms with E-state index in [2.05, 4.69) is 9.88 Å². The van der Waals surface area contributed by atoms with Crippen LogP contribution in [0.2, 0.25) is 0 Å². The Hall–Kier alpha value is -1.40. The van der Waals surface area contributed by atoms with Crippen molar-refractivity contribution in [3.8, 4) is 0 Å². The van der Waals surface area contributed by atoms with Crippen LogP contribution in [0.4, 0.5) is 0 Å². The highest BCUT2D eigenvalue weighted by molar-refractivity contribution is 5.73. The first kappa shape index (κ1) is 16.5. The predicted molar refractivity (Wildman–Crippen MR) is 85.9 cm³/mol. The van der Waals surface area contributed by atoms with Gasteiger partial charge in [0, 0.05) is 45.6 Å². The van der Waals surface area contributed by atoms with Crippen LogP contribution >= 0.6 is 0 Å². The van der Waals surface area contributed by atoms with Crippen molar-refractivity contribution in [2.45, 2.75) is 45.7 Å². The highest BCUT2D eigenvalue weighted by Crippen LogP contribution is 2.22. The molecule has 0 N–H and O–H groups in total. The van der Waals surface area contributed by atoms with Crippen molar-refractivity contribution in [3.05, 3.63) is 17.8 Å². The average molecular weight is 321 g/mol. The van der Waals surface area contributed by atoms with E-state index in [4.69, 9.17) is 9.15 Å². The molecule has 0 saturated carbocycles. The highest BCUT2D eigenvalue weighted by atomic mass is 16.5. The van der Waals surface area contributed by atoms with Gasteiger partial charge in [0.05, 0.1) is 19.3 Å². The number of carbonyl (C=O) groups excluding carboxylic acids is 1. The summed E-state index contributed by atoms with van der Waals surface area (Å²) in [4.78, 5) is 20.8. The molecule has 3 heterocycles. The van der Waals surface area contributed by atoms with Crippen molar-refractivity contribution < 1.29 is 13.9 Å². The van der Waals surface area contributed by atoms with E-state index in [0.717, 1.165) is 57.9 Å². The second-order valence-corrected chi connectivity index (χ2v) is 6.65. The standard InChI is InChI=1S/C17H27N3O3/c1-3-16-8-18-17(23-16)11-20(13(2)21)15-4-6-19(10-15)9-14-5-7-22-12-14/h8,14-15H,3-7,9-12H2,1-2H3/t14-,15-/m0/s1. The monoisotopic (exact) mass is 321 g/mol. The van der Waals surface area contributed by atoms with Crippen molar-refractivity contribution >= 4 is 5.91 Å². The van der Waals surface area contributed by atoms with E-state index in [1.54, 1.807) is 13.1 Å². The molecule has 128 valence electrons. The van der Waals surface area contributed by atoms with E-state index in [1.165, 1.54) is 0 Å². The molecular formula is C17H27N3O3. The number of likely N-dealkylation sites (tertiary alicyclic amines) is 1. The van der Waals surface area contributed by atoms with Gasteiger partial charge in [-0.05, 0) is 18.8 Å². The van der Waals surface area contributed by atoms with Gasteiger partial charge in [0.1, 0.15) is 5.76 Å². The fraction of sp³-hybridized carbons (Fsp3) is 0.765. The van der Waals surface area contributed by atoms with E-state index in [9.17, 15) is 4.79 Å². The van der Waals surface area contributed by atoms with Crippen LogP contribution in [0.25, 0.3) is 0 Å². The van der Waals surface area contributed by atoms with Crippen LogP contribution < -0.4 is 0 Å². The maximum atomic E-state index is 12.1. The maximum absolute atomic E-state index is 12.1. The summed E-state index contributed by atoms with van der Waals surface area (Å²) in [5.41, 5.74) is 0. The van der Waals surface area contributed by atoms with Crippen molar-refractivity contribution in [1.29, 1.82) is 0 Å². The molecule has 2 fully saturated rings. The third-order valence-electron chi connectivity index (χ3n) is 4.89. The van der Waals surface area contributed by atoms with Gasteiger partial charge in [-0.1, -0.05) is 6.92 Å². The minimum Gasteiger partial charge on any atom is -0.444 e.